The number of rotatable bonds is 3. The normalized spacial score (nSPS) is 15.8. The van der Waals surface area contributed by atoms with E-state index in [-0.39, 0.29) is 12.0 Å². The summed E-state index contributed by atoms with van der Waals surface area (Å²) < 4.78 is 6.19. The summed E-state index contributed by atoms with van der Waals surface area (Å²) >= 11 is 1.51. The van der Waals surface area contributed by atoms with Gasteiger partial charge in [-0.25, -0.2) is 4.98 Å². The second-order valence-electron chi connectivity index (χ2n) is 6.06. The van der Waals surface area contributed by atoms with Gasteiger partial charge in [0.1, 0.15) is 17.5 Å². The van der Waals surface area contributed by atoms with Crippen molar-refractivity contribution in [1.82, 2.24) is 14.9 Å². The van der Waals surface area contributed by atoms with Crippen LogP contribution in [-0.4, -0.2) is 40.0 Å². The SMILES string of the molecule is Cc1nc(C(=O)N2CCC(Oc3cccc4[nH]ccc34)CC2)cs1. The molecular weight excluding hydrogens is 322 g/mol. The molecule has 4 rings (SSSR count). The summed E-state index contributed by atoms with van der Waals surface area (Å²) in [5.74, 6) is 0.944. The standard InChI is InChI=1S/C18H19N3O2S/c1-12-20-16(11-24-12)18(22)21-9-6-13(7-10-21)23-17-4-2-3-15-14(17)5-8-19-15/h2-5,8,11,13,19H,6-7,9-10H2,1H3. The second-order valence-corrected chi connectivity index (χ2v) is 7.12. The van der Waals surface area contributed by atoms with Crippen LogP contribution in [0.4, 0.5) is 0 Å². The Balaban J connectivity index is 1.39. The molecule has 2 aromatic heterocycles. The van der Waals surface area contributed by atoms with Gasteiger partial charge >= 0.3 is 0 Å². The maximum absolute atomic E-state index is 12.4. The summed E-state index contributed by atoms with van der Waals surface area (Å²) in [5, 5.41) is 3.87. The van der Waals surface area contributed by atoms with Crippen LogP contribution < -0.4 is 4.74 Å². The minimum absolute atomic E-state index is 0.0329. The first-order valence-electron chi connectivity index (χ1n) is 8.15. The molecule has 0 saturated carbocycles. The highest BCUT2D eigenvalue weighted by atomic mass is 32.1. The van der Waals surface area contributed by atoms with E-state index in [1.54, 1.807) is 0 Å². The van der Waals surface area contributed by atoms with Crippen molar-refractivity contribution in [2.24, 2.45) is 0 Å². The Kier molecular flexibility index (Phi) is 3.98. The molecule has 1 aliphatic heterocycles. The molecule has 0 radical (unpaired) electrons. The molecule has 1 aromatic carbocycles. The number of hydrogen-bond donors (Lipinski definition) is 1. The van der Waals surface area contributed by atoms with E-state index in [1.165, 1.54) is 11.3 Å². The Hall–Kier alpha value is -2.34. The number of benzene rings is 1. The fourth-order valence-electron chi connectivity index (χ4n) is 3.14. The molecule has 0 atom stereocenters. The first-order valence-corrected chi connectivity index (χ1v) is 9.03. The van der Waals surface area contributed by atoms with Gasteiger partial charge in [-0.05, 0) is 25.1 Å². The predicted molar refractivity (Wildman–Crippen MR) is 94.7 cm³/mol. The summed E-state index contributed by atoms with van der Waals surface area (Å²) in [7, 11) is 0. The number of piperidine rings is 1. The number of carbonyl (C=O) groups excluding carboxylic acids is 1. The molecule has 0 bridgehead atoms. The Bertz CT molecular complexity index is 862. The van der Waals surface area contributed by atoms with Crippen molar-refractivity contribution in [3.05, 3.63) is 46.5 Å². The molecule has 0 unspecified atom stereocenters. The average molecular weight is 341 g/mol. The number of nitrogens with one attached hydrogen (secondary N) is 1. The lowest BCUT2D eigenvalue weighted by molar-refractivity contribution is 0.0593. The van der Waals surface area contributed by atoms with E-state index < -0.39 is 0 Å². The van der Waals surface area contributed by atoms with Gasteiger partial charge in [-0.3, -0.25) is 4.79 Å². The van der Waals surface area contributed by atoms with Crippen molar-refractivity contribution < 1.29 is 9.53 Å². The van der Waals surface area contributed by atoms with Crippen LogP contribution in [0.25, 0.3) is 10.9 Å². The minimum Gasteiger partial charge on any atom is -0.490 e. The number of hydrogen-bond acceptors (Lipinski definition) is 4. The Morgan fingerprint density at radius 2 is 2.17 bits per heavy atom. The van der Waals surface area contributed by atoms with Crippen LogP contribution in [0.3, 0.4) is 0 Å². The molecule has 6 heteroatoms. The molecule has 3 aromatic rings. The molecule has 5 nitrogen and oxygen atoms in total. The molecule has 0 aliphatic carbocycles. The fraction of sp³-hybridized carbons (Fsp3) is 0.333. The molecule has 0 spiro atoms. The first kappa shape index (κ1) is 15.2. The predicted octanol–water partition coefficient (Wildman–Crippen LogP) is 3.62. The van der Waals surface area contributed by atoms with Crippen LogP contribution in [-0.2, 0) is 0 Å². The number of aryl methyl sites for hydroxylation is 1. The molecule has 1 saturated heterocycles. The summed E-state index contributed by atoms with van der Waals surface area (Å²) in [6.07, 6.45) is 3.76. The van der Waals surface area contributed by atoms with Crippen LogP contribution in [0.2, 0.25) is 0 Å². The van der Waals surface area contributed by atoms with Crippen molar-refractivity contribution >= 4 is 28.1 Å². The maximum Gasteiger partial charge on any atom is 0.273 e. The van der Waals surface area contributed by atoms with Crippen LogP contribution in [0.5, 0.6) is 5.75 Å². The summed E-state index contributed by atoms with van der Waals surface area (Å²) in [4.78, 5) is 21.8. The molecule has 124 valence electrons. The summed E-state index contributed by atoms with van der Waals surface area (Å²) in [6, 6.07) is 8.08. The largest absolute Gasteiger partial charge is 0.490 e. The van der Waals surface area contributed by atoms with E-state index in [0.717, 1.165) is 34.5 Å². The van der Waals surface area contributed by atoms with Gasteiger partial charge in [0.2, 0.25) is 0 Å². The lowest BCUT2D eigenvalue weighted by Crippen LogP contribution is -2.41. The Labute approximate surface area is 144 Å². The van der Waals surface area contributed by atoms with Crippen LogP contribution in [0.1, 0.15) is 28.3 Å². The molecule has 24 heavy (non-hydrogen) atoms. The number of thiazole rings is 1. The van der Waals surface area contributed by atoms with Gasteiger partial charge in [0.05, 0.1) is 5.01 Å². The maximum atomic E-state index is 12.4. The topological polar surface area (TPSA) is 58.2 Å². The third-order valence-electron chi connectivity index (χ3n) is 4.42. The van der Waals surface area contributed by atoms with Crippen molar-refractivity contribution in [3.63, 3.8) is 0 Å². The number of likely N-dealkylation sites (tertiary alicyclic amines) is 1. The van der Waals surface area contributed by atoms with E-state index in [1.807, 2.05) is 47.7 Å². The number of amides is 1. The van der Waals surface area contributed by atoms with Gasteiger partial charge in [0.25, 0.3) is 5.91 Å². The van der Waals surface area contributed by atoms with Crippen molar-refractivity contribution in [3.8, 4) is 5.75 Å². The number of H-pyrrole nitrogens is 1. The van der Waals surface area contributed by atoms with Crippen molar-refractivity contribution in [1.29, 1.82) is 0 Å². The summed E-state index contributed by atoms with van der Waals surface area (Å²) in [6.45, 7) is 3.34. The fourth-order valence-corrected chi connectivity index (χ4v) is 3.73. The van der Waals surface area contributed by atoms with E-state index >= 15 is 0 Å². The third-order valence-corrected chi connectivity index (χ3v) is 5.19. The zero-order chi connectivity index (χ0) is 16.5. The van der Waals surface area contributed by atoms with E-state index in [2.05, 4.69) is 9.97 Å². The highest BCUT2D eigenvalue weighted by Gasteiger charge is 2.26. The number of nitrogens with zero attached hydrogens (tertiary/aromatic N) is 2. The van der Waals surface area contributed by atoms with E-state index in [4.69, 9.17) is 4.74 Å². The van der Waals surface area contributed by atoms with Gasteiger partial charge in [-0.2, -0.15) is 0 Å². The number of aromatic nitrogens is 2. The Morgan fingerprint density at radius 3 is 2.92 bits per heavy atom. The number of aromatic amines is 1. The van der Waals surface area contributed by atoms with Crippen LogP contribution in [0.15, 0.2) is 35.8 Å². The third kappa shape index (κ3) is 2.89. The zero-order valence-electron chi connectivity index (χ0n) is 13.5. The minimum atomic E-state index is 0.0329. The monoisotopic (exact) mass is 341 g/mol. The van der Waals surface area contributed by atoms with Gasteiger partial charge < -0.3 is 14.6 Å². The summed E-state index contributed by atoms with van der Waals surface area (Å²) in [5.41, 5.74) is 1.65. The highest BCUT2D eigenvalue weighted by Crippen LogP contribution is 2.27. The molecule has 1 aliphatic rings. The number of carbonyl (C=O) groups is 1. The first-order chi connectivity index (χ1) is 11.7. The number of fused-ring (bicyclic) bond motifs is 1. The molecule has 1 fully saturated rings. The Morgan fingerprint density at radius 1 is 1.33 bits per heavy atom. The lowest BCUT2D eigenvalue weighted by Gasteiger charge is -2.32. The van der Waals surface area contributed by atoms with Gasteiger partial charge in [-0.15, -0.1) is 11.3 Å². The molecule has 1 amide bonds. The van der Waals surface area contributed by atoms with Gasteiger partial charge in [-0.1, -0.05) is 6.07 Å². The second kappa shape index (κ2) is 6.28. The zero-order valence-corrected chi connectivity index (χ0v) is 14.3. The molecular formula is C18H19N3O2S. The highest BCUT2D eigenvalue weighted by molar-refractivity contribution is 7.09. The van der Waals surface area contributed by atoms with E-state index in [0.29, 0.717) is 18.8 Å². The van der Waals surface area contributed by atoms with Crippen molar-refractivity contribution in [2.45, 2.75) is 25.9 Å². The quantitative estimate of drug-likeness (QED) is 0.791. The molecule has 3 heterocycles. The van der Waals surface area contributed by atoms with E-state index in [9.17, 15) is 4.79 Å². The van der Waals surface area contributed by atoms with Gasteiger partial charge in [0, 0.05) is 48.4 Å². The molecule has 1 N–H and O–H groups in total. The lowest BCUT2D eigenvalue weighted by atomic mass is 10.1. The van der Waals surface area contributed by atoms with Crippen LogP contribution >= 0.6 is 11.3 Å². The van der Waals surface area contributed by atoms with Crippen molar-refractivity contribution in [2.75, 3.05) is 13.1 Å². The van der Waals surface area contributed by atoms with Gasteiger partial charge in [0.15, 0.2) is 0 Å². The smallest absolute Gasteiger partial charge is 0.273 e. The average Bonchev–Trinajstić information content (AvgIpc) is 3.24. The van der Waals surface area contributed by atoms with Crippen LogP contribution in [0, 0.1) is 6.92 Å². The number of ether oxygens (including phenoxy) is 1.